The zero-order chi connectivity index (χ0) is 19.6. The minimum Gasteiger partial charge on any atom is -0.459 e. The van der Waals surface area contributed by atoms with Crippen molar-refractivity contribution in [3.05, 3.63) is 35.7 Å². The van der Waals surface area contributed by atoms with Crippen LogP contribution in [0.1, 0.15) is 38.6 Å². The third kappa shape index (κ3) is 4.88. The highest BCUT2D eigenvalue weighted by atomic mass is 32.2. The lowest BCUT2D eigenvalue weighted by molar-refractivity contribution is -0.153. The fourth-order valence-corrected chi connectivity index (χ4v) is 3.88. The van der Waals surface area contributed by atoms with Gasteiger partial charge < -0.3 is 9.15 Å². The molecule has 0 fully saturated rings. The number of thioether (sulfide) groups is 1. The van der Waals surface area contributed by atoms with Gasteiger partial charge in [0, 0.05) is 12.6 Å². The van der Waals surface area contributed by atoms with Crippen LogP contribution in [0, 0.1) is 6.92 Å². The first-order valence-corrected chi connectivity index (χ1v) is 9.69. The second-order valence-electron chi connectivity index (χ2n) is 7.37. The molecule has 7 nitrogen and oxygen atoms in total. The minimum atomic E-state index is -0.610. The van der Waals surface area contributed by atoms with Crippen molar-refractivity contribution in [3.8, 4) is 0 Å². The third-order valence-electron chi connectivity index (χ3n) is 3.96. The number of carbonyl (C=O) groups excluding carboxylic acids is 2. The van der Waals surface area contributed by atoms with Crippen LogP contribution >= 0.6 is 11.8 Å². The van der Waals surface area contributed by atoms with Gasteiger partial charge in [-0.1, -0.05) is 30.0 Å². The summed E-state index contributed by atoms with van der Waals surface area (Å²) in [5, 5.41) is 7.72. The Labute approximate surface area is 162 Å². The number of hydrogen-bond acceptors (Lipinski definition) is 7. The van der Waals surface area contributed by atoms with Crippen molar-refractivity contribution in [2.45, 2.75) is 56.6 Å². The molecule has 0 unspecified atom stereocenters. The third-order valence-corrected chi connectivity index (χ3v) is 5.05. The largest absolute Gasteiger partial charge is 0.459 e. The maximum atomic E-state index is 13.2. The molecule has 0 bridgehead atoms. The molecular formula is C19H23N3O4S. The second-order valence-corrected chi connectivity index (χ2v) is 8.53. The van der Waals surface area contributed by atoms with Crippen LogP contribution in [-0.4, -0.2) is 39.5 Å². The molecule has 0 N–H and O–H groups in total. The standard InChI is InChI=1S/C19H23N3O4S/c1-12-20-21-18(25-12)27-15-10-9-13-7-5-6-8-14(13)22(17(15)24)11-16(23)26-19(2,3)4/h5-8,15H,9-11H2,1-4H3/t15-/m0/s1. The van der Waals surface area contributed by atoms with Gasteiger partial charge in [-0.3, -0.25) is 14.5 Å². The smallest absolute Gasteiger partial charge is 0.326 e. The molecule has 0 aliphatic carbocycles. The summed E-state index contributed by atoms with van der Waals surface area (Å²) in [6, 6.07) is 7.64. The number of para-hydroxylation sites is 1. The number of benzene rings is 1. The van der Waals surface area contributed by atoms with Gasteiger partial charge in [-0.05, 0) is 45.2 Å². The monoisotopic (exact) mass is 389 g/mol. The molecule has 3 rings (SSSR count). The van der Waals surface area contributed by atoms with Crippen LogP contribution in [-0.2, 0) is 20.7 Å². The van der Waals surface area contributed by atoms with Crippen molar-refractivity contribution in [1.82, 2.24) is 10.2 Å². The van der Waals surface area contributed by atoms with Crippen LogP contribution in [0.3, 0.4) is 0 Å². The number of hydrogen-bond donors (Lipinski definition) is 0. The predicted molar refractivity (Wildman–Crippen MR) is 102 cm³/mol. The zero-order valence-electron chi connectivity index (χ0n) is 15.9. The van der Waals surface area contributed by atoms with E-state index in [0.717, 1.165) is 17.7 Å². The van der Waals surface area contributed by atoms with E-state index in [0.29, 0.717) is 17.5 Å². The number of nitrogens with zero attached hydrogens (tertiary/aromatic N) is 3. The maximum Gasteiger partial charge on any atom is 0.326 e. The first-order valence-electron chi connectivity index (χ1n) is 8.81. The zero-order valence-corrected chi connectivity index (χ0v) is 16.7. The first kappa shape index (κ1) is 19.4. The molecule has 1 atom stereocenters. The highest BCUT2D eigenvalue weighted by molar-refractivity contribution is 8.00. The molecule has 1 amide bonds. The van der Waals surface area contributed by atoms with Gasteiger partial charge in [-0.25, -0.2) is 0 Å². The lowest BCUT2D eigenvalue weighted by atomic mass is 10.1. The Morgan fingerprint density at radius 3 is 2.74 bits per heavy atom. The summed E-state index contributed by atoms with van der Waals surface area (Å²) >= 11 is 1.24. The molecule has 2 heterocycles. The van der Waals surface area contributed by atoms with Crippen LogP contribution in [0.15, 0.2) is 33.9 Å². The van der Waals surface area contributed by atoms with E-state index in [9.17, 15) is 9.59 Å². The quantitative estimate of drug-likeness (QED) is 0.743. The van der Waals surface area contributed by atoms with E-state index in [2.05, 4.69) is 10.2 Å². The number of aryl methyl sites for hydroxylation is 2. The number of aromatic nitrogens is 2. The van der Waals surface area contributed by atoms with E-state index in [1.165, 1.54) is 16.7 Å². The number of fused-ring (bicyclic) bond motifs is 1. The van der Waals surface area contributed by atoms with Crippen molar-refractivity contribution in [1.29, 1.82) is 0 Å². The Morgan fingerprint density at radius 1 is 1.33 bits per heavy atom. The van der Waals surface area contributed by atoms with Crippen molar-refractivity contribution in [2.24, 2.45) is 0 Å². The molecule has 1 aliphatic heterocycles. The number of carbonyl (C=O) groups is 2. The summed E-state index contributed by atoms with van der Waals surface area (Å²) < 4.78 is 10.8. The van der Waals surface area contributed by atoms with E-state index in [1.54, 1.807) is 27.7 Å². The van der Waals surface area contributed by atoms with Gasteiger partial charge in [0.05, 0.1) is 5.25 Å². The Bertz CT molecular complexity index is 843. The fraction of sp³-hybridized carbons (Fsp3) is 0.474. The Kier molecular flexibility index (Phi) is 5.55. The van der Waals surface area contributed by atoms with E-state index in [1.807, 2.05) is 24.3 Å². The van der Waals surface area contributed by atoms with Crippen LogP contribution in [0.4, 0.5) is 5.69 Å². The van der Waals surface area contributed by atoms with E-state index in [4.69, 9.17) is 9.15 Å². The van der Waals surface area contributed by atoms with Gasteiger partial charge in [-0.2, -0.15) is 0 Å². The molecule has 0 saturated carbocycles. The van der Waals surface area contributed by atoms with Crippen LogP contribution in [0.2, 0.25) is 0 Å². The van der Waals surface area contributed by atoms with Crippen LogP contribution < -0.4 is 4.90 Å². The van der Waals surface area contributed by atoms with Crippen molar-refractivity contribution in [3.63, 3.8) is 0 Å². The molecule has 0 spiro atoms. The topological polar surface area (TPSA) is 85.5 Å². The second kappa shape index (κ2) is 7.72. The molecule has 8 heteroatoms. The normalized spacial score (nSPS) is 17.4. The molecule has 144 valence electrons. The van der Waals surface area contributed by atoms with E-state index in [-0.39, 0.29) is 12.5 Å². The summed E-state index contributed by atoms with van der Waals surface area (Å²) in [7, 11) is 0. The lowest BCUT2D eigenvalue weighted by Crippen LogP contribution is -2.42. The van der Waals surface area contributed by atoms with Gasteiger partial charge in [0.15, 0.2) is 0 Å². The number of ether oxygens (including phenoxy) is 1. The van der Waals surface area contributed by atoms with Crippen LogP contribution in [0.25, 0.3) is 0 Å². The minimum absolute atomic E-state index is 0.132. The Balaban J connectivity index is 1.86. The van der Waals surface area contributed by atoms with Crippen LogP contribution in [0.5, 0.6) is 0 Å². The summed E-state index contributed by atoms with van der Waals surface area (Å²) in [4.78, 5) is 27.1. The molecule has 1 aromatic carbocycles. The van der Waals surface area contributed by atoms with Gasteiger partial charge in [-0.15, -0.1) is 10.2 Å². The van der Waals surface area contributed by atoms with Gasteiger partial charge in [0.25, 0.3) is 5.22 Å². The summed E-state index contributed by atoms with van der Waals surface area (Å²) in [6.45, 7) is 6.99. The average Bonchev–Trinajstić information content (AvgIpc) is 2.94. The molecule has 1 aromatic heterocycles. The number of rotatable bonds is 4. The summed E-state index contributed by atoms with van der Waals surface area (Å²) in [6.07, 6.45) is 1.34. The Hall–Kier alpha value is -2.35. The summed E-state index contributed by atoms with van der Waals surface area (Å²) in [5.74, 6) is -0.149. The van der Waals surface area contributed by atoms with E-state index >= 15 is 0 Å². The lowest BCUT2D eigenvalue weighted by Gasteiger charge is -2.26. The fourth-order valence-electron chi connectivity index (χ4n) is 2.91. The number of esters is 1. The van der Waals surface area contributed by atoms with Gasteiger partial charge in [0.2, 0.25) is 11.8 Å². The van der Waals surface area contributed by atoms with Crippen molar-refractivity contribution < 1.29 is 18.7 Å². The Morgan fingerprint density at radius 2 is 2.07 bits per heavy atom. The molecule has 0 radical (unpaired) electrons. The van der Waals surface area contributed by atoms with Crippen molar-refractivity contribution >= 4 is 29.3 Å². The molecule has 27 heavy (non-hydrogen) atoms. The molecule has 0 saturated heterocycles. The first-order chi connectivity index (χ1) is 12.7. The van der Waals surface area contributed by atoms with Gasteiger partial charge in [0.1, 0.15) is 12.1 Å². The van der Waals surface area contributed by atoms with Gasteiger partial charge >= 0.3 is 5.97 Å². The molecular weight excluding hydrogens is 366 g/mol. The SMILES string of the molecule is Cc1nnc(S[C@H]2CCc3ccccc3N(CC(=O)OC(C)(C)C)C2=O)o1. The average molecular weight is 389 g/mol. The number of amides is 1. The predicted octanol–water partition coefficient (Wildman–Crippen LogP) is 3.16. The number of anilines is 1. The van der Waals surface area contributed by atoms with Crippen molar-refractivity contribution in [2.75, 3.05) is 11.4 Å². The highest BCUT2D eigenvalue weighted by Crippen LogP contribution is 2.34. The summed E-state index contributed by atoms with van der Waals surface area (Å²) in [5.41, 5.74) is 1.17. The molecule has 2 aromatic rings. The molecule has 1 aliphatic rings. The highest BCUT2D eigenvalue weighted by Gasteiger charge is 2.34. The van der Waals surface area contributed by atoms with E-state index < -0.39 is 16.8 Å². The maximum absolute atomic E-state index is 13.2.